The molecule has 0 aromatic heterocycles. The number of hydrogen-bond donors (Lipinski definition) is 0. The summed E-state index contributed by atoms with van der Waals surface area (Å²) >= 11 is 0. The lowest BCUT2D eigenvalue weighted by Crippen LogP contribution is -2.28. The SMILES string of the molecule is CC(C)c1ccc(C(=O)C2CCC(C(C)(C)C)CC2)cc1. The molecule has 0 bridgehead atoms. The average molecular weight is 286 g/mol. The highest BCUT2D eigenvalue weighted by molar-refractivity contribution is 5.97. The summed E-state index contributed by atoms with van der Waals surface area (Å²) in [5.41, 5.74) is 2.59. The molecule has 0 N–H and O–H groups in total. The van der Waals surface area contributed by atoms with Gasteiger partial charge in [-0.2, -0.15) is 0 Å². The van der Waals surface area contributed by atoms with Crippen molar-refractivity contribution >= 4 is 5.78 Å². The van der Waals surface area contributed by atoms with Gasteiger partial charge in [0.15, 0.2) is 5.78 Å². The molecule has 0 unspecified atom stereocenters. The summed E-state index contributed by atoms with van der Waals surface area (Å²) in [5.74, 6) is 1.90. The summed E-state index contributed by atoms with van der Waals surface area (Å²) in [7, 11) is 0. The largest absolute Gasteiger partial charge is 0.294 e. The van der Waals surface area contributed by atoms with Gasteiger partial charge in [0.05, 0.1) is 0 Å². The Balaban J connectivity index is 1.99. The quantitative estimate of drug-likeness (QED) is 0.637. The summed E-state index contributed by atoms with van der Waals surface area (Å²) in [5, 5.41) is 0. The summed E-state index contributed by atoms with van der Waals surface area (Å²) in [6.45, 7) is 11.3. The second-order valence-electron chi connectivity index (χ2n) is 8.06. The molecule has 0 radical (unpaired) electrons. The first-order chi connectivity index (χ1) is 9.79. The molecule has 0 heterocycles. The van der Waals surface area contributed by atoms with E-state index in [2.05, 4.69) is 46.8 Å². The molecule has 1 heteroatoms. The van der Waals surface area contributed by atoms with E-state index in [1.54, 1.807) is 0 Å². The average Bonchev–Trinajstić information content (AvgIpc) is 2.46. The van der Waals surface area contributed by atoms with Crippen molar-refractivity contribution in [1.82, 2.24) is 0 Å². The molecule has 1 aromatic rings. The maximum absolute atomic E-state index is 12.6. The van der Waals surface area contributed by atoms with Crippen LogP contribution in [0.2, 0.25) is 0 Å². The maximum atomic E-state index is 12.6. The van der Waals surface area contributed by atoms with E-state index in [1.165, 1.54) is 18.4 Å². The zero-order valence-corrected chi connectivity index (χ0v) is 14.3. The zero-order valence-electron chi connectivity index (χ0n) is 14.3. The fourth-order valence-electron chi connectivity index (χ4n) is 3.49. The van der Waals surface area contributed by atoms with Crippen molar-refractivity contribution in [3.05, 3.63) is 35.4 Å². The van der Waals surface area contributed by atoms with E-state index in [0.29, 0.717) is 17.1 Å². The normalized spacial score (nSPS) is 23.3. The Morgan fingerprint density at radius 2 is 1.52 bits per heavy atom. The highest BCUT2D eigenvalue weighted by Gasteiger charge is 2.32. The third-order valence-corrected chi connectivity index (χ3v) is 5.18. The van der Waals surface area contributed by atoms with Crippen LogP contribution in [0, 0.1) is 17.3 Å². The van der Waals surface area contributed by atoms with Crippen LogP contribution in [-0.2, 0) is 0 Å². The fraction of sp³-hybridized carbons (Fsp3) is 0.650. The molecule has 1 fully saturated rings. The van der Waals surface area contributed by atoms with Gasteiger partial charge in [-0.25, -0.2) is 0 Å². The van der Waals surface area contributed by atoms with Gasteiger partial charge in [-0.1, -0.05) is 58.9 Å². The standard InChI is InChI=1S/C20H30O/c1-14(2)15-6-8-16(9-7-15)19(21)17-10-12-18(13-11-17)20(3,4)5/h6-9,14,17-18H,10-13H2,1-5H3. The van der Waals surface area contributed by atoms with E-state index in [4.69, 9.17) is 0 Å². The highest BCUT2D eigenvalue weighted by atomic mass is 16.1. The number of benzene rings is 1. The van der Waals surface area contributed by atoms with E-state index in [1.807, 2.05) is 12.1 Å². The molecule has 0 spiro atoms. The fourth-order valence-corrected chi connectivity index (χ4v) is 3.49. The van der Waals surface area contributed by atoms with Crippen LogP contribution in [0.15, 0.2) is 24.3 Å². The van der Waals surface area contributed by atoms with Crippen LogP contribution < -0.4 is 0 Å². The van der Waals surface area contributed by atoms with Crippen LogP contribution in [0.25, 0.3) is 0 Å². The Hall–Kier alpha value is -1.11. The minimum Gasteiger partial charge on any atom is -0.294 e. The van der Waals surface area contributed by atoms with E-state index >= 15 is 0 Å². The van der Waals surface area contributed by atoms with Crippen molar-refractivity contribution < 1.29 is 4.79 Å². The van der Waals surface area contributed by atoms with Crippen molar-refractivity contribution in [2.45, 2.75) is 66.2 Å². The maximum Gasteiger partial charge on any atom is 0.165 e. The van der Waals surface area contributed by atoms with E-state index in [9.17, 15) is 4.79 Å². The van der Waals surface area contributed by atoms with Crippen LogP contribution in [0.5, 0.6) is 0 Å². The smallest absolute Gasteiger partial charge is 0.165 e. The molecule has 0 atom stereocenters. The molecule has 21 heavy (non-hydrogen) atoms. The van der Waals surface area contributed by atoms with Crippen LogP contribution in [0.1, 0.15) is 82.1 Å². The molecule has 2 rings (SSSR count). The molecule has 0 aliphatic heterocycles. The lowest BCUT2D eigenvalue weighted by molar-refractivity contribution is 0.0819. The first-order valence-corrected chi connectivity index (χ1v) is 8.43. The van der Waals surface area contributed by atoms with E-state index < -0.39 is 0 Å². The van der Waals surface area contributed by atoms with Gasteiger partial charge in [0.2, 0.25) is 0 Å². The monoisotopic (exact) mass is 286 g/mol. The van der Waals surface area contributed by atoms with Crippen LogP contribution in [-0.4, -0.2) is 5.78 Å². The summed E-state index contributed by atoms with van der Waals surface area (Å²) in [4.78, 5) is 12.6. The van der Waals surface area contributed by atoms with Gasteiger partial charge in [-0.3, -0.25) is 4.79 Å². The van der Waals surface area contributed by atoms with Crippen LogP contribution in [0.3, 0.4) is 0 Å². The highest BCUT2D eigenvalue weighted by Crippen LogP contribution is 2.40. The van der Waals surface area contributed by atoms with Crippen LogP contribution in [0.4, 0.5) is 0 Å². The lowest BCUT2D eigenvalue weighted by Gasteiger charge is -2.36. The van der Waals surface area contributed by atoms with Gasteiger partial charge in [0, 0.05) is 11.5 Å². The minimum absolute atomic E-state index is 0.244. The number of rotatable bonds is 3. The molecular formula is C20H30O. The minimum atomic E-state index is 0.244. The Bertz CT molecular complexity index is 468. The summed E-state index contributed by atoms with van der Waals surface area (Å²) < 4.78 is 0. The number of Topliss-reactive ketones (excluding diaryl/α,β-unsaturated/α-hetero) is 1. The Morgan fingerprint density at radius 1 is 1.00 bits per heavy atom. The molecular weight excluding hydrogens is 256 g/mol. The van der Waals surface area contributed by atoms with Gasteiger partial charge in [-0.05, 0) is 48.5 Å². The Morgan fingerprint density at radius 3 is 1.95 bits per heavy atom. The van der Waals surface area contributed by atoms with Gasteiger partial charge in [-0.15, -0.1) is 0 Å². The Labute approximate surface area is 130 Å². The molecule has 116 valence electrons. The van der Waals surface area contributed by atoms with Gasteiger partial charge in [0.1, 0.15) is 0 Å². The van der Waals surface area contributed by atoms with Crippen molar-refractivity contribution in [1.29, 1.82) is 0 Å². The van der Waals surface area contributed by atoms with Crippen molar-refractivity contribution in [3.8, 4) is 0 Å². The first kappa shape index (κ1) is 16.3. The van der Waals surface area contributed by atoms with Crippen molar-refractivity contribution in [2.75, 3.05) is 0 Å². The first-order valence-electron chi connectivity index (χ1n) is 8.43. The van der Waals surface area contributed by atoms with Crippen molar-refractivity contribution in [2.24, 2.45) is 17.3 Å². The molecule has 1 aliphatic rings. The third-order valence-electron chi connectivity index (χ3n) is 5.18. The zero-order chi connectivity index (χ0) is 15.6. The number of carbonyl (C=O) groups is 1. The second kappa shape index (κ2) is 6.34. The molecule has 1 aromatic carbocycles. The molecule has 1 saturated carbocycles. The van der Waals surface area contributed by atoms with E-state index in [0.717, 1.165) is 24.3 Å². The van der Waals surface area contributed by atoms with Gasteiger partial charge < -0.3 is 0 Å². The van der Waals surface area contributed by atoms with Gasteiger partial charge in [0.25, 0.3) is 0 Å². The molecule has 0 saturated heterocycles. The third kappa shape index (κ3) is 3.96. The second-order valence-corrected chi connectivity index (χ2v) is 8.06. The molecule has 1 nitrogen and oxygen atoms in total. The molecule has 0 amide bonds. The number of ketones is 1. The van der Waals surface area contributed by atoms with Gasteiger partial charge >= 0.3 is 0 Å². The predicted octanol–water partition coefficient (Wildman–Crippen LogP) is 5.85. The number of hydrogen-bond acceptors (Lipinski definition) is 1. The van der Waals surface area contributed by atoms with Crippen molar-refractivity contribution in [3.63, 3.8) is 0 Å². The predicted molar refractivity (Wildman–Crippen MR) is 89.8 cm³/mol. The lowest BCUT2D eigenvalue weighted by atomic mass is 9.69. The molecule has 1 aliphatic carbocycles. The number of carbonyl (C=O) groups excluding carboxylic acids is 1. The summed E-state index contributed by atoms with van der Waals surface area (Å²) in [6.07, 6.45) is 4.52. The van der Waals surface area contributed by atoms with Crippen LogP contribution >= 0.6 is 0 Å². The topological polar surface area (TPSA) is 17.1 Å². The Kier molecular flexibility index (Phi) is 4.91. The summed E-state index contributed by atoms with van der Waals surface area (Å²) in [6, 6.07) is 8.26. The van der Waals surface area contributed by atoms with E-state index in [-0.39, 0.29) is 5.92 Å².